The molecule has 0 saturated carbocycles. The van der Waals surface area contributed by atoms with Gasteiger partial charge in [-0.15, -0.1) is 0 Å². The van der Waals surface area contributed by atoms with Crippen LogP contribution in [0.5, 0.6) is 0 Å². The lowest BCUT2D eigenvalue weighted by molar-refractivity contribution is -0.147. The summed E-state index contributed by atoms with van der Waals surface area (Å²) in [7, 11) is 0. The molecule has 0 heterocycles. The minimum absolute atomic E-state index is 0.00170. The van der Waals surface area contributed by atoms with Crippen LogP contribution in [0.1, 0.15) is 20.3 Å². The molecule has 78 valence electrons. The van der Waals surface area contributed by atoms with Crippen molar-refractivity contribution in [3.05, 3.63) is 5.53 Å². The molecule has 0 spiro atoms. The Morgan fingerprint density at radius 2 is 2.00 bits per heavy atom. The maximum atomic E-state index is 10.8. The van der Waals surface area contributed by atoms with Crippen molar-refractivity contribution in [2.75, 3.05) is 13.2 Å². The fourth-order valence-corrected chi connectivity index (χ4v) is 0.605. The molecule has 6 nitrogen and oxygen atoms in total. The molecular formula is C8H12N2O4. The number of rotatable bonds is 5. The molecule has 6 heteroatoms. The average molecular weight is 200 g/mol. The van der Waals surface area contributed by atoms with Crippen LogP contribution >= 0.6 is 0 Å². The lowest BCUT2D eigenvalue weighted by Crippen LogP contribution is -2.17. The van der Waals surface area contributed by atoms with E-state index in [4.69, 9.17) is 5.53 Å². The minimum Gasteiger partial charge on any atom is -0.466 e. The van der Waals surface area contributed by atoms with E-state index in [-0.39, 0.29) is 18.7 Å². The summed E-state index contributed by atoms with van der Waals surface area (Å²) in [5.41, 5.74) is 8.03. The fraction of sp³-hybridized carbons (Fsp3) is 0.625. The normalized spacial score (nSPS) is 8.71. The third-order valence-electron chi connectivity index (χ3n) is 1.29. The molecule has 0 aromatic heterocycles. The second-order valence-corrected chi connectivity index (χ2v) is 2.38. The van der Waals surface area contributed by atoms with E-state index in [9.17, 15) is 9.59 Å². The van der Waals surface area contributed by atoms with Crippen LogP contribution in [0, 0.1) is 0 Å². The Hall–Kier alpha value is -1.68. The third-order valence-corrected chi connectivity index (χ3v) is 1.29. The number of carbonyl (C=O) groups excluding carboxylic acids is 2. The monoisotopic (exact) mass is 200 g/mol. The van der Waals surface area contributed by atoms with Crippen LogP contribution in [0.2, 0.25) is 0 Å². The lowest BCUT2D eigenvalue weighted by atomic mass is 10.4. The van der Waals surface area contributed by atoms with Gasteiger partial charge in [0.1, 0.15) is 6.61 Å². The predicted molar refractivity (Wildman–Crippen MR) is 46.5 cm³/mol. The third kappa shape index (κ3) is 5.05. The van der Waals surface area contributed by atoms with Crippen molar-refractivity contribution >= 4 is 17.7 Å². The number of hydrogen-bond acceptors (Lipinski definition) is 4. The van der Waals surface area contributed by atoms with Crippen molar-refractivity contribution in [2.24, 2.45) is 0 Å². The Morgan fingerprint density at radius 1 is 1.36 bits per heavy atom. The molecular weight excluding hydrogens is 188 g/mol. The zero-order valence-electron chi connectivity index (χ0n) is 8.15. The Balaban J connectivity index is 3.70. The van der Waals surface area contributed by atoms with Gasteiger partial charge in [0.25, 0.3) is 0 Å². The highest BCUT2D eigenvalue weighted by molar-refractivity contribution is 6.32. The predicted octanol–water partition coefficient (Wildman–Crippen LogP) is 0.174. The van der Waals surface area contributed by atoms with E-state index in [1.165, 1.54) is 6.92 Å². The van der Waals surface area contributed by atoms with Crippen LogP contribution in [0.3, 0.4) is 0 Å². The number of ether oxygens (including phenoxy) is 2. The van der Waals surface area contributed by atoms with E-state index < -0.39 is 11.9 Å². The average Bonchev–Trinajstić information content (AvgIpc) is 2.16. The lowest BCUT2D eigenvalue weighted by Gasteiger charge is -2.01. The van der Waals surface area contributed by atoms with E-state index in [0.29, 0.717) is 6.61 Å². The first-order chi connectivity index (χ1) is 6.61. The molecule has 0 aliphatic rings. The van der Waals surface area contributed by atoms with Gasteiger partial charge < -0.3 is 15.0 Å². The quantitative estimate of drug-likeness (QED) is 0.274. The molecule has 0 bridgehead atoms. The van der Waals surface area contributed by atoms with Crippen LogP contribution < -0.4 is 0 Å². The van der Waals surface area contributed by atoms with E-state index in [0.717, 1.165) is 0 Å². The SMILES string of the molecule is CCOC(=O)CCOC(=O)C(C)=[N+]=[N-]. The van der Waals surface area contributed by atoms with Gasteiger partial charge in [0, 0.05) is 6.92 Å². The fourth-order valence-electron chi connectivity index (χ4n) is 0.605. The van der Waals surface area contributed by atoms with Crippen molar-refractivity contribution < 1.29 is 23.9 Å². The summed E-state index contributed by atoms with van der Waals surface area (Å²) in [5, 5.41) is 0. The van der Waals surface area contributed by atoms with Crippen LogP contribution in [-0.2, 0) is 19.1 Å². The largest absolute Gasteiger partial charge is 0.466 e. The van der Waals surface area contributed by atoms with Crippen LogP contribution in [0.25, 0.3) is 5.53 Å². The summed E-state index contributed by atoms with van der Waals surface area (Å²) in [6.45, 7) is 3.20. The van der Waals surface area contributed by atoms with E-state index in [2.05, 4.69) is 14.3 Å². The Labute approximate surface area is 81.4 Å². The molecule has 0 rings (SSSR count). The number of nitrogens with zero attached hydrogens (tertiary/aromatic N) is 2. The first-order valence-electron chi connectivity index (χ1n) is 4.13. The Kier molecular flexibility index (Phi) is 5.98. The minimum atomic E-state index is -0.753. The van der Waals surface area contributed by atoms with Crippen molar-refractivity contribution in [3.63, 3.8) is 0 Å². The molecule has 0 unspecified atom stereocenters. The summed E-state index contributed by atoms with van der Waals surface area (Å²) in [5.74, 6) is -1.18. The molecule has 0 saturated heterocycles. The molecule has 0 radical (unpaired) electrons. The van der Waals surface area contributed by atoms with Crippen molar-refractivity contribution in [2.45, 2.75) is 20.3 Å². The van der Waals surface area contributed by atoms with Gasteiger partial charge >= 0.3 is 17.7 Å². The highest BCUT2D eigenvalue weighted by Gasteiger charge is 2.15. The van der Waals surface area contributed by atoms with Gasteiger partial charge in [0.15, 0.2) is 0 Å². The summed E-state index contributed by atoms with van der Waals surface area (Å²) in [4.78, 5) is 24.3. The topological polar surface area (TPSA) is 89.0 Å². The van der Waals surface area contributed by atoms with E-state index in [1.54, 1.807) is 6.92 Å². The smallest absolute Gasteiger partial charge is 0.416 e. The second-order valence-electron chi connectivity index (χ2n) is 2.38. The van der Waals surface area contributed by atoms with Gasteiger partial charge in [-0.3, -0.25) is 4.79 Å². The molecule has 0 aliphatic heterocycles. The summed E-state index contributed by atoms with van der Waals surface area (Å²) < 4.78 is 9.18. The van der Waals surface area contributed by atoms with Crippen molar-refractivity contribution in [1.29, 1.82) is 0 Å². The first kappa shape index (κ1) is 12.3. The Morgan fingerprint density at radius 3 is 2.50 bits per heavy atom. The van der Waals surface area contributed by atoms with Gasteiger partial charge in [-0.05, 0) is 6.92 Å². The zero-order chi connectivity index (χ0) is 11.0. The van der Waals surface area contributed by atoms with Crippen molar-refractivity contribution in [1.82, 2.24) is 0 Å². The van der Waals surface area contributed by atoms with Crippen LogP contribution in [0.4, 0.5) is 0 Å². The molecule has 0 atom stereocenters. The summed E-state index contributed by atoms with van der Waals surface area (Å²) in [6.07, 6.45) is -0.00170. The van der Waals surface area contributed by atoms with Gasteiger partial charge in [-0.25, -0.2) is 4.79 Å². The van der Waals surface area contributed by atoms with Gasteiger partial charge in [-0.1, -0.05) is 0 Å². The number of esters is 2. The molecule has 0 N–H and O–H groups in total. The maximum absolute atomic E-state index is 10.8. The Bertz CT molecular complexity index is 269. The van der Waals surface area contributed by atoms with Gasteiger partial charge in [-0.2, -0.15) is 4.79 Å². The molecule has 0 aromatic rings. The molecule has 0 aliphatic carbocycles. The van der Waals surface area contributed by atoms with E-state index >= 15 is 0 Å². The van der Waals surface area contributed by atoms with Crippen LogP contribution in [0.15, 0.2) is 0 Å². The zero-order valence-corrected chi connectivity index (χ0v) is 8.15. The van der Waals surface area contributed by atoms with Gasteiger partial charge in [0.2, 0.25) is 0 Å². The second kappa shape index (κ2) is 6.80. The van der Waals surface area contributed by atoms with Gasteiger partial charge in [0.05, 0.1) is 13.0 Å². The summed E-state index contributed by atoms with van der Waals surface area (Å²) >= 11 is 0. The molecule has 0 aromatic carbocycles. The number of hydrogen-bond donors (Lipinski definition) is 0. The first-order valence-corrected chi connectivity index (χ1v) is 4.13. The van der Waals surface area contributed by atoms with Crippen molar-refractivity contribution in [3.8, 4) is 0 Å². The van der Waals surface area contributed by atoms with E-state index in [1.807, 2.05) is 0 Å². The molecule has 14 heavy (non-hydrogen) atoms. The van der Waals surface area contributed by atoms with Crippen LogP contribution in [-0.4, -0.2) is 35.7 Å². The standard InChI is InChI=1S/C8H12N2O4/c1-3-13-7(11)4-5-14-8(12)6(2)10-9/h3-5H2,1-2H3. The maximum Gasteiger partial charge on any atom is 0.416 e. The highest BCUT2D eigenvalue weighted by Crippen LogP contribution is 1.89. The molecule has 0 amide bonds. The number of carbonyl (C=O) groups is 2. The molecule has 0 fully saturated rings. The highest BCUT2D eigenvalue weighted by atomic mass is 16.5. The summed E-state index contributed by atoms with van der Waals surface area (Å²) in [6, 6.07) is 0.